The van der Waals surface area contributed by atoms with Crippen molar-refractivity contribution in [2.45, 2.75) is 43.9 Å². The van der Waals surface area contributed by atoms with Crippen LogP contribution in [0.5, 0.6) is 11.5 Å². The van der Waals surface area contributed by atoms with Gasteiger partial charge in [0.1, 0.15) is 31.2 Å². The quantitative estimate of drug-likeness (QED) is 0.629. The molecule has 35 heavy (non-hydrogen) atoms. The van der Waals surface area contributed by atoms with E-state index in [0.29, 0.717) is 18.1 Å². The van der Waals surface area contributed by atoms with Gasteiger partial charge in [0, 0.05) is 5.56 Å². The van der Waals surface area contributed by atoms with Gasteiger partial charge in [-0.3, -0.25) is 9.59 Å². The Kier molecular flexibility index (Phi) is 6.81. The van der Waals surface area contributed by atoms with Gasteiger partial charge < -0.3 is 24.4 Å². The van der Waals surface area contributed by atoms with Crippen molar-refractivity contribution in [3.05, 3.63) is 64.6 Å². The number of carbonyl (C=O) groups excluding carboxylic acids is 2. The Labute approximate surface area is 207 Å². The van der Waals surface area contributed by atoms with E-state index in [-0.39, 0.29) is 53.6 Å². The molecule has 0 spiro atoms. The monoisotopic (exact) mass is 500 g/mol. The highest BCUT2D eigenvalue weighted by atomic mass is 35.5. The van der Waals surface area contributed by atoms with Crippen molar-refractivity contribution < 1.29 is 28.2 Å². The van der Waals surface area contributed by atoms with Gasteiger partial charge >= 0.3 is 0 Å². The number of halogens is 2. The number of carbonyl (C=O) groups is 2. The minimum atomic E-state index is -0.548. The Bertz CT molecular complexity index is 1140. The summed E-state index contributed by atoms with van der Waals surface area (Å²) in [5, 5.41) is 3.03. The number of nitrogens with one attached hydrogen (secondary N) is 1. The van der Waals surface area contributed by atoms with Gasteiger partial charge in [-0.05, 0) is 49.6 Å². The summed E-state index contributed by atoms with van der Waals surface area (Å²) in [6.07, 6.45) is 4.15. The second-order valence-corrected chi connectivity index (χ2v) is 9.29. The first-order valence-electron chi connectivity index (χ1n) is 11.8. The van der Waals surface area contributed by atoms with Gasteiger partial charge in [-0.25, -0.2) is 4.39 Å². The third-order valence-electron chi connectivity index (χ3n) is 6.50. The van der Waals surface area contributed by atoms with Gasteiger partial charge in [-0.2, -0.15) is 0 Å². The Hall–Kier alpha value is -3.26. The molecule has 0 aromatic heterocycles. The molecular formula is C26H26ClFN2O5. The van der Waals surface area contributed by atoms with Crippen LogP contribution in [-0.4, -0.2) is 54.7 Å². The van der Waals surface area contributed by atoms with Crippen LogP contribution in [-0.2, 0) is 14.3 Å². The van der Waals surface area contributed by atoms with Crippen LogP contribution < -0.4 is 14.8 Å². The number of morpholine rings is 1. The standard InChI is InChI=1S/C26H26ClFN2O5/c27-18-6-5-7-19(28)17(18)12-24-26(32)30(20-8-1-2-9-21(20)35-24)14-25(31)29-13-16-15-33-22-10-3-4-11-23(22)34-16/h3-7,10-12,16,20-21H,1-2,8-9,13-15H2,(H,29,31)/b24-12-. The van der Waals surface area contributed by atoms with E-state index in [2.05, 4.69) is 5.32 Å². The first kappa shape index (κ1) is 23.5. The molecule has 9 heteroatoms. The van der Waals surface area contributed by atoms with E-state index in [4.69, 9.17) is 25.8 Å². The highest BCUT2D eigenvalue weighted by molar-refractivity contribution is 6.32. The molecule has 3 unspecified atom stereocenters. The van der Waals surface area contributed by atoms with Crippen molar-refractivity contribution in [2.75, 3.05) is 19.7 Å². The maximum atomic E-state index is 14.3. The molecule has 2 aromatic carbocycles. The fourth-order valence-electron chi connectivity index (χ4n) is 4.74. The zero-order valence-corrected chi connectivity index (χ0v) is 19.8. The minimum Gasteiger partial charge on any atom is -0.486 e. The number of benzene rings is 2. The Morgan fingerprint density at radius 1 is 1.11 bits per heavy atom. The van der Waals surface area contributed by atoms with Crippen LogP contribution in [0.3, 0.4) is 0 Å². The number of fused-ring (bicyclic) bond motifs is 2. The molecule has 2 heterocycles. The number of rotatable bonds is 5. The molecule has 0 radical (unpaired) electrons. The maximum absolute atomic E-state index is 14.3. The third-order valence-corrected chi connectivity index (χ3v) is 6.83. The van der Waals surface area contributed by atoms with Crippen LogP contribution in [0.2, 0.25) is 5.02 Å². The zero-order valence-electron chi connectivity index (χ0n) is 19.0. The highest BCUT2D eigenvalue weighted by Gasteiger charge is 2.42. The Morgan fingerprint density at radius 2 is 1.91 bits per heavy atom. The molecule has 0 bridgehead atoms. The van der Waals surface area contributed by atoms with Gasteiger partial charge in [0.15, 0.2) is 17.3 Å². The van der Waals surface area contributed by atoms with Crippen molar-refractivity contribution >= 4 is 29.5 Å². The smallest absolute Gasteiger partial charge is 0.289 e. The molecule has 2 fully saturated rings. The number of amides is 2. The van der Waals surface area contributed by atoms with E-state index in [1.165, 1.54) is 23.1 Å². The summed E-state index contributed by atoms with van der Waals surface area (Å²) in [6.45, 7) is 0.429. The predicted octanol–water partition coefficient (Wildman–Crippen LogP) is 3.95. The molecule has 2 aromatic rings. The molecule has 3 atom stereocenters. The molecule has 7 nitrogen and oxygen atoms in total. The first-order chi connectivity index (χ1) is 17.0. The molecule has 184 valence electrons. The molecule has 1 saturated heterocycles. The number of para-hydroxylation sites is 2. The summed E-state index contributed by atoms with van der Waals surface area (Å²) < 4.78 is 31.9. The Balaban J connectivity index is 1.27. The first-order valence-corrected chi connectivity index (χ1v) is 12.2. The van der Waals surface area contributed by atoms with Gasteiger partial charge in [-0.1, -0.05) is 36.2 Å². The molecule has 1 saturated carbocycles. The van der Waals surface area contributed by atoms with Crippen molar-refractivity contribution in [3.63, 3.8) is 0 Å². The third kappa shape index (κ3) is 5.07. The van der Waals surface area contributed by atoms with Crippen LogP contribution in [0.4, 0.5) is 4.39 Å². The van der Waals surface area contributed by atoms with E-state index >= 15 is 0 Å². The molecule has 2 aliphatic heterocycles. The van der Waals surface area contributed by atoms with Crippen LogP contribution >= 0.6 is 11.6 Å². The van der Waals surface area contributed by atoms with Gasteiger partial charge in [0.2, 0.25) is 5.91 Å². The van der Waals surface area contributed by atoms with E-state index in [0.717, 1.165) is 25.7 Å². The lowest BCUT2D eigenvalue weighted by atomic mass is 9.89. The normalized spacial score (nSPS) is 24.5. The van der Waals surface area contributed by atoms with Crippen molar-refractivity contribution in [1.29, 1.82) is 0 Å². The van der Waals surface area contributed by atoms with Crippen LogP contribution in [0.25, 0.3) is 6.08 Å². The number of hydrogen-bond acceptors (Lipinski definition) is 5. The van der Waals surface area contributed by atoms with Crippen molar-refractivity contribution in [2.24, 2.45) is 0 Å². The largest absolute Gasteiger partial charge is 0.486 e. The summed E-state index contributed by atoms with van der Waals surface area (Å²) in [5.41, 5.74) is 0.0888. The minimum absolute atomic E-state index is 0.00595. The van der Waals surface area contributed by atoms with Crippen LogP contribution in [0, 0.1) is 5.82 Å². The fourth-order valence-corrected chi connectivity index (χ4v) is 4.96. The zero-order chi connectivity index (χ0) is 24.4. The average Bonchev–Trinajstić information content (AvgIpc) is 2.87. The summed E-state index contributed by atoms with van der Waals surface area (Å²) in [5.74, 6) is -0.00926. The van der Waals surface area contributed by atoms with Gasteiger partial charge in [0.25, 0.3) is 5.91 Å². The molecule has 1 N–H and O–H groups in total. The molecule has 5 rings (SSSR count). The second kappa shape index (κ2) is 10.2. The summed E-state index contributed by atoms with van der Waals surface area (Å²) in [6, 6.07) is 11.5. The summed E-state index contributed by atoms with van der Waals surface area (Å²) >= 11 is 6.15. The predicted molar refractivity (Wildman–Crippen MR) is 128 cm³/mol. The average molecular weight is 501 g/mol. The SMILES string of the molecule is O=C(CN1C(=O)/C(=C/c2c(F)cccc2Cl)OC2CCCCC21)NCC1COc2ccccc2O1. The van der Waals surface area contributed by atoms with E-state index < -0.39 is 11.7 Å². The molecular weight excluding hydrogens is 475 g/mol. The van der Waals surface area contributed by atoms with E-state index in [1.54, 1.807) is 6.07 Å². The number of nitrogens with zero attached hydrogens (tertiary/aromatic N) is 1. The molecule has 1 aliphatic carbocycles. The van der Waals surface area contributed by atoms with E-state index in [1.807, 2.05) is 24.3 Å². The Morgan fingerprint density at radius 3 is 2.74 bits per heavy atom. The summed E-state index contributed by atoms with van der Waals surface area (Å²) in [7, 11) is 0. The van der Waals surface area contributed by atoms with Gasteiger partial charge in [0.05, 0.1) is 17.6 Å². The summed E-state index contributed by atoms with van der Waals surface area (Å²) in [4.78, 5) is 27.7. The molecule has 2 amide bonds. The lowest BCUT2D eigenvalue weighted by Crippen LogP contribution is -2.57. The maximum Gasteiger partial charge on any atom is 0.289 e. The van der Waals surface area contributed by atoms with E-state index in [9.17, 15) is 14.0 Å². The lowest BCUT2D eigenvalue weighted by Gasteiger charge is -2.44. The number of hydrogen-bond donors (Lipinski definition) is 1. The highest BCUT2D eigenvalue weighted by Crippen LogP contribution is 2.34. The lowest BCUT2D eigenvalue weighted by molar-refractivity contribution is -0.151. The number of ether oxygens (including phenoxy) is 3. The van der Waals surface area contributed by atoms with Crippen LogP contribution in [0.15, 0.2) is 48.2 Å². The van der Waals surface area contributed by atoms with Crippen LogP contribution in [0.1, 0.15) is 31.2 Å². The topological polar surface area (TPSA) is 77.1 Å². The fraction of sp³-hybridized carbons (Fsp3) is 0.385. The van der Waals surface area contributed by atoms with Crippen molar-refractivity contribution in [1.82, 2.24) is 10.2 Å². The van der Waals surface area contributed by atoms with Gasteiger partial charge in [-0.15, -0.1) is 0 Å². The van der Waals surface area contributed by atoms with Crippen molar-refractivity contribution in [3.8, 4) is 11.5 Å². The second-order valence-electron chi connectivity index (χ2n) is 8.89. The molecule has 3 aliphatic rings.